The molecule has 19 heavy (non-hydrogen) atoms. The SMILES string of the molecule is CO[C@H]1CCN(c2cc(C)nc3cc(O)ccc23)C1. The lowest BCUT2D eigenvalue weighted by Crippen LogP contribution is -2.22. The number of hydrogen-bond acceptors (Lipinski definition) is 4. The molecule has 1 aromatic heterocycles. The average molecular weight is 258 g/mol. The molecule has 0 saturated carbocycles. The summed E-state index contributed by atoms with van der Waals surface area (Å²) in [7, 11) is 1.77. The molecule has 1 aromatic carbocycles. The first kappa shape index (κ1) is 12.2. The lowest BCUT2D eigenvalue weighted by Gasteiger charge is -2.21. The van der Waals surface area contributed by atoms with Gasteiger partial charge in [0, 0.05) is 43.0 Å². The molecule has 0 bridgehead atoms. The van der Waals surface area contributed by atoms with Crippen LogP contribution >= 0.6 is 0 Å². The Balaban J connectivity index is 2.08. The van der Waals surface area contributed by atoms with Gasteiger partial charge in [-0.05, 0) is 31.5 Å². The Bertz CT molecular complexity index is 607. The first-order valence-electron chi connectivity index (χ1n) is 6.55. The van der Waals surface area contributed by atoms with Crippen LogP contribution in [0.1, 0.15) is 12.1 Å². The predicted octanol–water partition coefficient (Wildman–Crippen LogP) is 2.47. The average Bonchev–Trinajstić information content (AvgIpc) is 2.85. The van der Waals surface area contributed by atoms with Crippen molar-refractivity contribution in [3.8, 4) is 5.75 Å². The van der Waals surface area contributed by atoms with E-state index in [9.17, 15) is 5.11 Å². The van der Waals surface area contributed by atoms with Crippen molar-refractivity contribution in [3.63, 3.8) is 0 Å². The van der Waals surface area contributed by atoms with E-state index in [2.05, 4.69) is 16.0 Å². The third-order valence-corrected chi connectivity index (χ3v) is 3.72. The fourth-order valence-corrected chi connectivity index (χ4v) is 2.73. The number of ether oxygens (including phenoxy) is 1. The molecule has 4 nitrogen and oxygen atoms in total. The van der Waals surface area contributed by atoms with E-state index >= 15 is 0 Å². The van der Waals surface area contributed by atoms with Crippen LogP contribution in [0.4, 0.5) is 5.69 Å². The van der Waals surface area contributed by atoms with E-state index in [4.69, 9.17) is 4.74 Å². The van der Waals surface area contributed by atoms with Gasteiger partial charge >= 0.3 is 0 Å². The van der Waals surface area contributed by atoms with Crippen molar-refractivity contribution in [1.82, 2.24) is 4.98 Å². The number of aryl methyl sites for hydroxylation is 1. The zero-order valence-corrected chi connectivity index (χ0v) is 11.3. The van der Waals surface area contributed by atoms with Crippen molar-refractivity contribution in [3.05, 3.63) is 30.0 Å². The Labute approximate surface area is 112 Å². The minimum absolute atomic E-state index is 0.257. The molecule has 1 aliphatic heterocycles. The quantitative estimate of drug-likeness (QED) is 0.899. The number of nitrogens with zero attached hydrogens (tertiary/aromatic N) is 2. The van der Waals surface area contributed by atoms with Gasteiger partial charge in [0.2, 0.25) is 0 Å². The second-order valence-corrected chi connectivity index (χ2v) is 5.08. The molecule has 0 aliphatic carbocycles. The molecule has 1 aliphatic rings. The molecule has 0 radical (unpaired) electrons. The van der Waals surface area contributed by atoms with Crippen molar-refractivity contribution in [2.24, 2.45) is 0 Å². The molecule has 1 atom stereocenters. The molecular weight excluding hydrogens is 240 g/mol. The molecule has 1 saturated heterocycles. The largest absolute Gasteiger partial charge is 0.508 e. The van der Waals surface area contributed by atoms with Crippen LogP contribution in [0.25, 0.3) is 10.9 Å². The first-order valence-corrected chi connectivity index (χ1v) is 6.55. The molecule has 1 fully saturated rings. The highest BCUT2D eigenvalue weighted by Gasteiger charge is 2.23. The fourth-order valence-electron chi connectivity index (χ4n) is 2.73. The fraction of sp³-hybridized carbons (Fsp3) is 0.400. The molecule has 100 valence electrons. The maximum Gasteiger partial charge on any atom is 0.117 e. The van der Waals surface area contributed by atoms with E-state index in [1.54, 1.807) is 19.2 Å². The summed E-state index contributed by atoms with van der Waals surface area (Å²) in [4.78, 5) is 6.83. The van der Waals surface area contributed by atoms with Crippen LogP contribution in [-0.2, 0) is 4.74 Å². The molecule has 3 rings (SSSR count). The normalized spacial score (nSPS) is 19.3. The summed E-state index contributed by atoms with van der Waals surface area (Å²) in [6.07, 6.45) is 1.36. The van der Waals surface area contributed by atoms with Gasteiger partial charge in [0.05, 0.1) is 11.6 Å². The van der Waals surface area contributed by atoms with Crippen LogP contribution in [0.3, 0.4) is 0 Å². The number of hydrogen-bond donors (Lipinski definition) is 1. The monoisotopic (exact) mass is 258 g/mol. The number of methoxy groups -OCH3 is 1. The van der Waals surface area contributed by atoms with Crippen LogP contribution in [0.2, 0.25) is 0 Å². The number of pyridine rings is 1. The van der Waals surface area contributed by atoms with Gasteiger partial charge in [0.15, 0.2) is 0 Å². The van der Waals surface area contributed by atoms with E-state index in [1.807, 2.05) is 13.0 Å². The minimum atomic E-state index is 0.257. The van der Waals surface area contributed by atoms with Gasteiger partial charge in [0.1, 0.15) is 5.75 Å². The van der Waals surface area contributed by atoms with Gasteiger partial charge in [-0.25, -0.2) is 0 Å². The maximum absolute atomic E-state index is 9.58. The maximum atomic E-state index is 9.58. The van der Waals surface area contributed by atoms with Gasteiger partial charge in [-0.3, -0.25) is 4.98 Å². The van der Waals surface area contributed by atoms with Crippen molar-refractivity contribution in [1.29, 1.82) is 0 Å². The molecule has 0 unspecified atom stereocenters. The molecule has 0 amide bonds. The Kier molecular flexibility index (Phi) is 3.03. The second kappa shape index (κ2) is 4.70. The van der Waals surface area contributed by atoms with Gasteiger partial charge in [0.25, 0.3) is 0 Å². The number of phenols is 1. The summed E-state index contributed by atoms with van der Waals surface area (Å²) < 4.78 is 5.43. The lowest BCUT2D eigenvalue weighted by molar-refractivity contribution is 0.121. The number of benzene rings is 1. The highest BCUT2D eigenvalue weighted by molar-refractivity contribution is 5.92. The van der Waals surface area contributed by atoms with E-state index in [0.717, 1.165) is 36.1 Å². The number of phenolic OH excluding ortho intramolecular Hbond substituents is 1. The Morgan fingerprint density at radius 3 is 2.95 bits per heavy atom. The lowest BCUT2D eigenvalue weighted by atomic mass is 10.1. The van der Waals surface area contributed by atoms with Crippen molar-refractivity contribution in [2.75, 3.05) is 25.1 Å². The van der Waals surface area contributed by atoms with Crippen LogP contribution in [0, 0.1) is 6.92 Å². The minimum Gasteiger partial charge on any atom is -0.508 e. The molecule has 2 heterocycles. The van der Waals surface area contributed by atoms with E-state index in [-0.39, 0.29) is 5.75 Å². The van der Waals surface area contributed by atoms with E-state index in [0.29, 0.717) is 6.10 Å². The number of rotatable bonds is 2. The highest BCUT2D eigenvalue weighted by Crippen LogP contribution is 2.31. The molecule has 4 heteroatoms. The first-order chi connectivity index (χ1) is 9.17. The third kappa shape index (κ3) is 2.24. The Morgan fingerprint density at radius 2 is 2.21 bits per heavy atom. The van der Waals surface area contributed by atoms with Crippen LogP contribution < -0.4 is 4.90 Å². The van der Waals surface area contributed by atoms with Gasteiger partial charge < -0.3 is 14.7 Å². The van der Waals surface area contributed by atoms with Crippen LogP contribution in [0.15, 0.2) is 24.3 Å². The van der Waals surface area contributed by atoms with Crippen LogP contribution in [0.5, 0.6) is 5.75 Å². The zero-order chi connectivity index (χ0) is 13.4. The third-order valence-electron chi connectivity index (χ3n) is 3.72. The Morgan fingerprint density at radius 1 is 1.37 bits per heavy atom. The van der Waals surface area contributed by atoms with Crippen molar-refractivity contribution < 1.29 is 9.84 Å². The molecule has 2 aromatic rings. The summed E-state index contributed by atoms with van der Waals surface area (Å²) in [5.41, 5.74) is 2.99. The summed E-state index contributed by atoms with van der Waals surface area (Å²) in [5, 5.41) is 10.7. The van der Waals surface area contributed by atoms with Gasteiger partial charge in [-0.2, -0.15) is 0 Å². The summed E-state index contributed by atoms with van der Waals surface area (Å²) in [5.74, 6) is 0.257. The summed E-state index contributed by atoms with van der Waals surface area (Å²) in [6.45, 7) is 3.89. The zero-order valence-electron chi connectivity index (χ0n) is 11.3. The predicted molar refractivity (Wildman–Crippen MR) is 75.8 cm³/mol. The van der Waals surface area contributed by atoms with Crippen molar-refractivity contribution >= 4 is 16.6 Å². The highest BCUT2D eigenvalue weighted by atomic mass is 16.5. The number of anilines is 1. The van der Waals surface area contributed by atoms with Crippen LogP contribution in [-0.4, -0.2) is 36.4 Å². The van der Waals surface area contributed by atoms with Gasteiger partial charge in [-0.15, -0.1) is 0 Å². The smallest absolute Gasteiger partial charge is 0.117 e. The number of aromatic hydroxyl groups is 1. The molecule has 1 N–H and O–H groups in total. The number of aromatic nitrogens is 1. The second-order valence-electron chi connectivity index (χ2n) is 5.08. The van der Waals surface area contributed by atoms with E-state index < -0.39 is 0 Å². The van der Waals surface area contributed by atoms with Gasteiger partial charge in [-0.1, -0.05) is 0 Å². The number of fused-ring (bicyclic) bond motifs is 1. The summed E-state index contributed by atoms with van der Waals surface area (Å²) >= 11 is 0. The van der Waals surface area contributed by atoms with Crippen molar-refractivity contribution in [2.45, 2.75) is 19.4 Å². The van der Waals surface area contributed by atoms with E-state index in [1.165, 1.54) is 5.69 Å². The topological polar surface area (TPSA) is 45.6 Å². The molecule has 0 spiro atoms. The molecular formula is C15H18N2O2. The summed E-state index contributed by atoms with van der Waals surface area (Å²) in [6, 6.07) is 7.48. The Hall–Kier alpha value is -1.81. The standard InChI is InChI=1S/C15H18N2O2/c1-10-7-15(17-6-5-12(9-17)19-2)13-4-3-11(18)8-14(13)16-10/h3-4,7-8,12,18H,5-6,9H2,1-2H3/t12-/m0/s1.